The van der Waals surface area contributed by atoms with E-state index < -0.39 is 24.4 Å². The maximum absolute atomic E-state index is 9.00. The van der Waals surface area contributed by atoms with Gasteiger partial charge in [0.1, 0.15) is 24.4 Å². The average molecular weight is 501 g/mol. The molecule has 0 aromatic rings. The van der Waals surface area contributed by atoms with Gasteiger partial charge in [0, 0.05) is 0 Å². The number of ether oxygens (including phenoxy) is 6. The molecule has 0 bridgehead atoms. The lowest BCUT2D eigenvalue weighted by atomic mass is 10.0. The minimum atomic E-state index is -0.871. The fourth-order valence-electron chi connectivity index (χ4n) is 2.93. The van der Waals surface area contributed by atoms with Gasteiger partial charge in [0.15, 0.2) is 0 Å². The molecule has 0 saturated carbocycles. The van der Waals surface area contributed by atoms with Crippen molar-refractivity contribution in [2.45, 2.75) is 62.9 Å². The van der Waals surface area contributed by atoms with Gasteiger partial charge in [-0.25, -0.2) is 0 Å². The summed E-state index contributed by atoms with van der Waals surface area (Å²) in [5.74, 6) is 0. The van der Waals surface area contributed by atoms with Crippen molar-refractivity contribution in [2.75, 3.05) is 52.9 Å². The van der Waals surface area contributed by atoms with Gasteiger partial charge in [-0.05, 0) is 0 Å². The molecule has 36 heavy (non-hydrogen) atoms. The first-order valence-electron chi connectivity index (χ1n) is 11.5. The molecule has 0 heterocycles. The summed E-state index contributed by atoms with van der Waals surface area (Å²) in [6, 6.07) is 12.0. The minimum Gasteiger partial charge on any atom is -0.378 e. The summed E-state index contributed by atoms with van der Waals surface area (Å²) in [5, 5.41) is 53.4. The van der Waals surface area contributed by atoms with Crippen LogP contribution in [0.15, 0.2) is 0 Å². The Morgan fingerprint density at radius 3 is 0.972 bits per heavy atom. The fraction of sp³-hybridized carbons (Fsp3) is 0.750. The zero-order chi connectivity index (χ0) is 26.7. The van der Waals surface area contributed by atoms with Gasteiger partial charge in [-0.2, -0.15) is 31.6 Å². The smallest absolute Gasteiger partial charge is 0.115 e. The van der Waals surface area contributed by atoms with E-state index in [4.69, 9.17) is 60.0 Å². The number of nitrogens with zero attached hydrogens (tertiary/aromatic N) is 6. The van der Waals surface area contributed by atoms with E-state index in [1.54, 1.807) is 0 Å². The van der Waals surface area contributed by atoms with Gasteiger partial charge in [-0.15, -0.1) is 0 Å². The van der Waals surface area contributed by atoms with Crippen LogP contribution in [-0.4, -0.2) is 77.3 Å². The molecule has 0 aliphatic heterocycles. The van der Waals surface area contributed by atoms with E-state index in [1.165, 1.54) is 0 Å². The standard InChI is InChI=1S/C24H32N6O6/c25-7-1-13-31-19-21(33-15-3-9-27)23(35-17-5-11-29)24(36-18-6-12-30)22(34-16-4-10-28)20-32-14-2-8-26/h21-24H,1-6,13-20H2. The second kappa shape index (κ2) is 24.8. The van der Waals surface area contributed by atoms with Crippen molar-refractivity contribution in [3.05, 3.63) is 0 Å². The van der Waals surface area contributed by atoms with Crippen LogP contribution in [0.25, 0.3) is 0 Å². The molecule has 0 aromatic carbocycles. The molecule has 194 valence electrons. The molecule has 12 heteroatoms. The highest BCUT2D eigenvalue weighted by Gasteiger charge is 2.38. The van der Waals surface area contributed by atoms with E-state index in [9.17, 15) is 0 Å². The number of nitriles is 6. The summed E-state index contributed by atoms with van der Waals surface area (Å²) < 4.78 is 35.0. The summed E-state index contributed by atoms with van der Waals surface area (Å²) in [6.07, 6.45) is -2.57. The Labute approximate surface area is 212 Å². The molecule has 0 radical (unpaired) electrons. The third kappa shape index (κ3) is 16.3. The minimum absolute atomic E-state index is 0.00262. The summed E-state index contributed by atoms with van der Waals surface area (Å²) in [6.45, 7) is 0.531. The molecule has 0 aliphatic rings. The van der Waals surface area contributed by atoms with Crippen LogP contribution in [0, 0.1) is 68.0 Å². The number of hydrogen-bond donors (Lipinski definition) is 0. The van der Waals surface area contributed by atoms with Gasteiger partial charge in [0.05, 0.1) is 128 Å². The molecular weight excluding hydrogens is 468 g/mol. The van der Waals surface area contributed by atoms with Crippen LogP contribution in [0.3, 0.4) is 0 Å². The summed E-state index contributed by atoms with van der Waals surface area (Å²) in [5.41, 5.74) is 0. The summed E-state index contributed by atoms with van der Waals surface area (Å²) >= 11 is 0. The molecule has 4 unspecified atom stereocenters. The summed E-state index contributed by atoms with van der Waals surface area (Å²) in [4.78, 5) is 0. The van der Waals surface area contributed by atoms with Crippen molar-refractivity contribution in [1.29, 1.82) is 31.6 Å². The lowest BCUT2D eigenvalue weighted by Gasteiger charge is -2.37. The lowest BCUT2D eigenvalue weighted by molar-refractivity contribution is -0.195. The molecule has 4 atom stereocenters. The Morgan fingerprint density at radius 1 is 0.389 bits per heavy atom. The Balaban J connectivity index is 6.02. The monoisotopic (exact) mass is 500 g/mol. The summed E-state index contributed by atoms with van der Waals surface area (Å²) in [7, 11) is 0. The van der Waals surface area contributed by atoms with Crippen LogP contribution in [0.2, 0.25) is 0 Å². The van der Waals surface area contributed by atoms with E-state index in [1.807, 2.05) is 36.4 Å². The molecule has 0 saturated heterocycles. The van der Waals surface area contributed by atoms with E-state index in [2.05, 4.69) is 0 Å². The largest absolute Gasteiger partial charge is 0.378 e. The maximum Gasteiger partial charge on any atom is 0.115 e. The van der Waals surface area contributed by atoms with Crippen LogP contribution >= 0.6 is 0 Å². The zero-order valence-corrected chi connectivity index (χ0v) is 20.3. The van der Waals surface area contributed by atoms with E-state index in [-0.39, 0.29) is 91.4 Å². The Morgan fingerprint density at radius 2 is 0.667 bits per heavy atom. The highest BCUT2D eigenvalue weighted by molar-refractivity contribution is 4.88. The van der Waals surface area contributed by atoms with E-state index in [0.717, 1.165) is 0 Å². The average Bonchev–Trinajstić information content (AvgIpc) is 2.88. The predicted molar refractivity (Wildman–Crippen MR) is 122 cm³/mol. The van der Waals surface area contributed by atoms with Crippen LogP contribution in [-0.2, 0) is 28.4 Å². The Kier molecular flexibility index (Phi) is 22.5. The van der Waals surface area contributed by atoms with Gasteiger partial charge in [-0.3, -0.25) is 0 Å². The van der Waals surface area contributed by atoms with Crippen molar-refractivity contribution in [1.82, 2.24) is 0 Å². The molecular formula is C24H32N6O6. The van der Waals surface area contributed by atoms with Crippen LogP contribution in [0.1, 0.15) is 38.5 Å². The molecule has 0 aromatic heterocycles. The van der Waals surface area contributed by atoms with E-state index >= 15 is 0 Å². The van der Waals surface area contributed by atoms with Crippen LogP contribution < -0.4 is 0 Å². The topological polar surface area (TPSA) is 198 Å². The Hall–Kier alpha value is -3.30. The van der Waals surface area contributed by atoms with Crippen LogP contribution in [0.5, 0.6) is 0 Å². The molecule has 0 amide bonds. The highest BCUT2D eigenvalue weighted by atomic mass is 16.6. The van der Waals surface area contributed by atoms with Crippen molar-refractivity contribution in [3.8, 4) is 36.4 Å². The molecule has 0 rings (SSSR count). The predicted octanol–water partition coefficient (Wildman–Crippen LogP) is 2.04. The molecule has 12 nitrogen and oxygen atoms in total. The third-order valence-corrected chi connectivity index (χ3v) is 4.48. The van der Waals surface area contributed by atoms with Crippen molar-refractivity contribution < 1.29 is 28.4 Å². The molecule has 0 aliphatic carbocycles. The molecule has 0 fully saturated rings. The quantitative estimate of drug-likeness (QED) is 0.185. The normalized spacial score (nSPS) is 13.5. The van der Waals surface area contributed by atoms with Crippen molar-refractivity contribution in [3.63, 3.8) is 0 Å². The SMILES string of the molecule is N#CCCOCC(OCCC#N)C(OCCC#N)C(OCCC#N)C(COCCC#N)OCCC#N. The number of hydrogen-bond acceptors (Lipinski definition) is 12. The number of rotatable bonds is 23. The maximum atomic E-state index is 9.00. The van der Waals surface area contributed by atoms with Gasteiger partial charge >= 0.3 is 0 Å². The fourth-order valence-corrected chi connectivity index (χ4v) is 2.93. The molecule has 0 spiro atoms. The first kappa shape index (κ1) is 32.7. The lowest BCUT2D eigenvalue weighted by Crippen LogP contribution is -2.52. The molecule has 0 N–H and O–H groups in total. The van der Waals surface area contributed by atoms with Gasteiger partial charge in [-0.1, -0.05) is 0 Å². The Bertz CT molecular complexity index is 748. The zero-order valence-electron chi connectivity index (χ0n) is 20.3. The second-order valence-corrected chi connectivity index (χ2v) is 7.09. The van der Waals surface area contributed by atoms with Crippen molar-refractivity contribution >= 4 is 0 Å². The van der Waals surface area contributed by atoms with E-state index in [0.29, 0.717) is 0 Å². The van der Waals surface area contributed by atoms with Gasteiger partial charge in [0.2, 0.25) is 0 Å². The van der Waals surface area contributed by atoms with Gasteiger partial charge < -0.3 is 28.4 Å². The van der Waals surface area contributed by atoms with Crippen LogP contribution in [0.4, 0.5) is 0 Å². The second-order valence-electron chi connectivity index (χ2n) is 7.09. The first-order chi connectivity index (χ1) is 17.7. The van der Waals surface area contributed by atoms with Crippen molar-refractivity contribution in [2.24, 2.45) is 0 Å². The third-order valence-electron chi connectivity index (χ3n) is 4.48. The van der Waals surface area contributed by atoms with Gasteiger partial charge in [0.25, 0.3) is 0 Å². The highest BCUT2D eigenvalue weighted by Crippen LogP contribution is 2.21. The first-order valence-corrected chi connectivity index (χ1v) is 11.5.